The summed E-state index contributed by atoms with van der Waals surface area (Å²) in [4.78, 5) is 12.4. The summed E-state index contributed by atoms with van der Waals surface area (Å²) in [5, 5.41) is 2.92. The molecule has 1 amide bonds. The summed E-state index contributed by atoms with van der Waals surface area (Å²) >= 11 is 0. The first-order valence-electron chi connectivity index (χ1n) is 8.22. The van der Waals surface area contributed by atoms with Gasteiger partial charge in [0.2, 0.25) is 15.9 Å². The molecule has 1 saturated heterocycles. The Labute approximate surface area is 144 Å². The Kier molecular flexibility index (Phi) is 6.77. The quantitative estimate of drug-likeness (QED) is 0.801. The second kappa shape index (κ2) is 8.60. The van der Waals surface area contributed by atoms with Gasteiger partial charge in [0, 0.05) is 26.7 Å². The van der Waals surface area contributed by atoms with Crippen LogP contribution in [0.2, 0.25) is 0 Å². The van der Waals surface area contributed by atoms with E-state index in [0.29, 0.717) is 19.5 Å². The summed E-state index contributed by atoms with van der Waals surface area (Å²) in [7, 11) is -1.88. The molecule has 1 N–H and O–H groups in total. The molecule has 1 atom stereocenters. The summed E-state index contributed by atoms with van der Waals surface area (Å²) in [5.74, 6) is -0.412. The zero-order chi connectivity index (χ0) is 17.6. The molecule has 0 aromatic heterocycles. The maximum atomic E-state index is 12.4. The molecule has 1 fully saturated rings. The van der Waals surface area contributed by atoms with Crippen molar-refractivity contribution >= 4 is 15.9 Å². The van der Waals surface area contributed by atoms with Gasteiger partial charge in [-0.15, -0.1) is 0 Å². The number of methoxy groups -OCH3 is 1. The average Bonchev–Trinajstić information content (AvgIpc) is 2.59. The van der Waals surface area contributed by atoms with E-state index in [0.717, 1.165) is 12.0 Å². The highest BCUT2D eigenvalue weighted by Crippen LogP contribution is 2.20. The molecular weight excluding hydrogens is 328 g/mol. The Morgan fingerprint density at radius 3 is 2.71 bits per heavy atom. The van der Waals surface area contributed by atoms with Crippen molar-refractivity contribution in [2.24, 2.45) is 5.92 Å². The van der Waals surface area contributed by atoms with Crippen molar-refractivity contribution in [1.82, 2.24) is 9.62 Å². The number of hydrogen-bond donors (Lipinski definition) is 1. The first-order valence-corrected chi connectivity index (χ1v) is 9.83. The van der Waals surface area contributed by atoms with Gasteiger partial charge in [0.15, 0.2) is 0 Å². The SMILES string of the molecule is COCCS(=O)(=O)N1CCCC(C(=O)NCc2ccc(C)cc2)C1. The lowest BCUT2D eigenvalue weighted by Gasteiger charge is -2.31. The lowest BCUT2D eigenvalue weighted by molar-refractivity contribution is -0.126. The van der Waals surface area contributed by atoms with E-state index in [1.54, 1.807) is 0 Å². The molecular formula is C17H26N2O4S. The number of ether oxygens (including phenoxy) is 1. The minimum Gasteiger partial charge on any atom is -0.384 e. The topological polar surface area (TPSA) is 75.7 Å². The summed E-state index contributed by atoms with van der Waals surface area (Å²) in [5.41, 5.74) is 2.21. The van der Waals surface area contributed by atoms with Gasteiger partial charge in [0.05, 0.1) is 18.3 Å². The molecule has 24 heavy (non-hydrogen) atoms. The third-order valence-electron chi connectivity index (χ3n) is 4.28. The van der Waals surface area contributed by atoms with Crippen LogP contribution < -0.4 is 5.32 Å². The van der Waals surface area contributed by atoms with Crippen LogP contribution >= 0.6 is 0 Å². The van der Waals surface area contributed by atoms with Gasteiger partial charge in [-0.3, -0.25) is 4.79 Å². The van der Waals surface area contributed by atoms with Crippen LogP contribution in [0.15, 0.2) is 24.3 Å². The van der Waals surface area contributed by atoms with E-state index in [4.69, 9.17) is 4.74 Å². The minimum absolute atomic E-state index is 0.0405. The van der Waals surface area contributed by atoms with E-state index in [9.17, 15) is 13.2 Å². The molecule has 1 unspecified atom stereocenters. The normalized spacial score (nSPS) is 19.2. The predicted octanol–water partition coefficient (Wildman–Crippen LogP) is 1.30. The number of sulfonamides is 1. The van der Waals surface area contributed by atoms with Crippen LogP contribution in [0.5, 0.6) is 0 Å². The average molecular weight is 354 g/mol. The van der Waals surface area contributed by atoms with Crippen LogP contribution in [0.1, 0.15) is 24.0 Å². The first kappa shape index (κ1) is 18.9. The lowest BCUT2D eigenvalue weighted by Crippen LogP contribution is -2.46. The van der Waals surface area contributed by atoms with Crippen LogP contribution in [-0.2, 0) is 26.1 Å². The molecule has 0 bridgehead atoms. The number of piperidine rings is 1. The van der Waals surface area contributed by atoms with Crippen molar-refractivity contribution < 1.29 is 17.9 Å². The van der Waals surface area contributed by atoms with Gasteiger partial charge in [-0.2, -0.15) is 0 Å². The smallest absolute Gasteiger partial charge is 0.224 e. The van der Waals surface area contributed by atoms with Crippen molar-refractivity contribution in [2.45, 2.75) is 26.3 Å². The number of benzene rings is 1. The number of nitrogens with zero attached hydrogens (tertiary/aromatic N) is 1. The fourth-order valence-corrected chi connectivity index (χ4v) is 4.22. The maximum absolute atomic E-state index is 12.4. The van der Waals surface area contributed by atoms with Crippen molar-refractivity contribution in [3.05, 3.63) is 35.4 Å². The van der Waals surface area contributed by atoms with Gasteiger partial charge in [-0.25, -0.2) is 12.7 Å². The highest BCUT2D eigenvalue weighted by Gasteiger charge is 2.31. The van der Waals surface area contributed by atoms with Crippen molar-refractivity contribution in [1.29, 1.82) is 0 Å². The van der Waals surface area contributed by atoms with E-state index in [1.807, 2.05) is 31.2 Å². The molecule has 6 nitrogen and oxygen atoms in total. The molecule has 1 aromatic rings. The minimum atomic E-state index is -3.36. The molecule has 134 valence electrons. The Hall–Kier alpha value is -1.44. The van der Waals surface area contributed by atoms with Gasteiger partial charge < -0.3 is 10.1 Å². The van der Waals surface area contributed by atoms with Gasteiger partial charge in [-0.05, 0) is 25.3 Å². The number of carbonyl (C=O) groups is 1. The van der Waals surface area contributed by atoms with E-state index < -0.39 is 10.0 Å². The van der Waals surface area contributed by atoms with E-state index in [-0.39, 0.29) is 30.7 Å². The molecule has 1 aliphatic rings. The molecule has 1 aromatic carbocycles. The van der Waals surface area contributed by atoms with Gasteiger partial charge in [0.25, 0.3) is 0 Å². The van der Waals surface area contributed by atoms with Crippen LogP contribution in [0, 0.1) is 12.8 Å². The van der Waals surface area contributed by atoms with Gasteiger partial charge in [0.1, 0.15) is 0 Å². The van der Waals surface area contributed by atoms with Crippen LogP contribution in [0.3, 0.4) is 0 Å². The predicted molar refractivity (Wildman–Crippen MR) is 93.0 cm³/mol. The summed E-state index contributed by atoms with van der Waals surface area (Å²) in [6.07, 6.45) is 1.42. The van der Waals surface area contributed by atoms with Crippen LogP contribution in [-0.4, -0.2) is 51.2 Å². The first-order chi connectivity index (χ1) is 11.4. The molecule has 2 rings (SSSR count). The second-order valence-corrected chi connectivity index (χ2v) is 8.30. The Balaban J connectivity index is 1.89. The number of rotatable bonds is 7. The number of carbonyl (C=O) groups excluding carboxylic acids is 1. The fraction of sp³-hybridized carbons (Fsp3) is 0.588. The standard InChI is InChI=1S/C17H26N2O4S/c1-14-5-7-15(8-6-14)12-18-17(20)16-4-3-9-19(13-16)24(21,22)11-10-23-2/h5-8,16H,3-4,9-13H2,1-2H3,(H,18,20). The number of hydrogen-bond acceptors (Lipinski definition) is 4. The van der Waals surface area contributed by atoms with Gasteiger partial charge >= 0.3 is 0 Å². The highest BCUT2D eigenvalue weighted by molar-refractivity contribution is 7.89. The van der Waals surface area contributed by atoms with Crippen LogP contribution in [0.25, 0.3) is 0 Å². The molecule has 0 aliphatic carbocycles. The zero-order valence-electron chi connectivity index (χ0n) is 14.3. The number of nitrogens with one attached hydrogen (secondary N) is 1. The summed E-state index contributed by atoms with van der Waals surface area (Å²) < 4.78 is 30.8. The third-order valence-corrected chi connectivity index (χ3v) is 6.08. The maximum Gasteiger partial charge on any atom is 0.224 e. The zero-order valence-corrected chi connectivity index (χ0v) is 15.1. The Morgan fingerprint density at radius 1 is 1.33 bits per heavy atom. The monoisotopic (exact) mass is 354 g/mol. The molecule has 0 saturated carbocycles. The summed E-state index contributed by atoms with van der Waals surface area (Å²) in [6, 6.07) is 7.98. The lowest BCUT2D eigenvalue weighted by atomic mass is 9.98. The molecule has 1 heterocycles. The largest absolute Gasteiger partial charge is 0.384 e. The Bertz CT molecular complexity index is 643. The third kappa shape index (κ3) is 5.29. The molecule has 0 spiro atoms. The van der Waals surface area contributed by atoms with E-state index in [1.165, 1.54) is 17.0 Å². The molecule has 7 heteroatoms. The number of aryl methyl sites for hydroxylation is 1. The van der Waals surface area contributed by atoms with E-state index in [2.05, 4.69) is 5.32 Å². The van der Waals surface area contributed by atoms with Crippen molar-refractivity contribution in [3.63, 3.8) is 0 Å². The highest BCUT2D eigenvalue weighted by atomic mass is 32.2. The second-order valence-electron chi connectivity index (χ2n) is 6.21. The summed E-state index contributed by atoms with van der Waals surface area (Å²) in [6.45, 7) is 3.39. The molecule has 1 aliphatic heterocycles. The van der Waals surface area contributed by atoms with Crippen LogP contribution in [0.4, 0.5) is 0 Å². The molecule has 0 radical (unpaired) electrons. The fourth-order valence-electron chi connectivity index (χ4n) is 2.77. The van der Waals surface area contributed by atoms with Gasteiger partial charge in [-0.1, -0.05) is 29.8 Å². The van der Waals surface area contributed by atoms with E-state index >= 15 is 0 Å². The number of amides is 1. The Morgan fingerprint density at radius 2 is 2.04 bits per heavy atom. The van der Waals surface area contributed by atoms with Crippen molar-refractivity contribution in [2.75, 3.05) is 32.6 Å². The van der Waals surface area contributed by atoms with Crippen molar-refractivity contribution in [3.8, 4) is 0 Å².